The lowest BCUT2D eigenvalue weighted by atomic mass is 10.2. The van der Waals surface area contributed by atoms with Crippen molar-refractivity contribution in [2.45, 2.75) is 20.1 Å². The maximum atomic E-state index is 12.5. The van der Waals surface area contributed by atoms with Crippen molar-refractivity contribution in [3.05, 3.63) is 95.8 Å². The van der Waals surface area contributed by atoms with E-state index in [9.17, 15) is 14.7 Å². The van der Waals surface area contributed by atoms with Crippen molar-refractivity contribution >= 4 is 12.4 Å². The fourth-order valence-corrected chi connectivity index (χ4v) is 3.26. The minimum Gasteiger partial charge on any atom is -0.508 e. The average molecular weight is 473 g/mol. The molecule has 1 N–H and O–H groups in total. The van der Waals surface area contributed by atoms with E-state index < -0.39 is 6.09 Å². The number of aromatic hydroxyl groups is 1. The molecule has 0 saturated carbocycles. The van der Waals surface area contributed by atoms with Gasteiger partial charge in [0.25, 0.3) is 0 Å². The molecule has 3 aromatic carbocycles. The SMILES string of the molecule is Cc1nn(-c2ccccc2)nc1COc1ccc(CN(CC=O)C(=O)Oc2ccc(O)cc2)cc1. The number of amides is 1. The Balaban J connectivity index is 1.35. The number of aldehydes is 1. The maximum Gasteiger partial charge on any atom is 0.415 e. The van der Waals surface area contributed by atoms with E-state index in [1.165, 1.54) is 29.2 Å². The van der Waals surface area contributed by atoms with Crippen LogP contribution < -0.4 is 9.47 Å². The number of nitrogens with zero attached hydrogens (tertiary/aromatic N) is 4. The Labute approximate surface area is 202 Å². The van der Waals surface area contributed by atoms with Crippen molar-refractivity contribution in [1.82, 2.24) is 19.9 Å². The summed E-state index contributed by atoms with van der Waals surface area (Å²) in [4.78, 5) is 26.4. The number of hydrogen-bond acceptors (Lipinski definition) is 7. The molecule has 0 aliphatic rings. The molecular weight excluding hydrogens is 448 g/mol. The molecule has 178 valence electrons. The lowest BCUT2D eigenvalue weighted by Gasteiger charge is -2.20. The quantitative estimate of drug-likeness (QED) is 0.366. The van der Waals surface area contributed by atoms with Gasteiger partial charge in [-0.15, -0.1) is 5.10 Å². The highest BCUT2D eigenvalue weighted by atomic mass is 16.6. The van der Waals surface area contributed by atoms with E-state index in [1.54, 1.807) is 16.9 Å². The molecule has 0 atom stereocenters. The van der Waals surface area contributed by atoms with Crippen LogP contribution in [0, 0.1) is 6.92 Å². The van der Waals surface area contributed by atoms with E-state index in [2.05, 4.69) is 10.2 Å². The summed E-state index contributed by atoms with van der Waals surface area (Å²) in [5, 5.41) is 18.3. The third-order valence-corrected chi connectivity index (χ3v) is 5.13. The zero-order valence-corrected chi connectivity index (χ0v) is 19.1. The Morgan fingerprint density at radius 2 is 1.66 bits per heavy atom. The second-order valence-corrected chi connectivity index (χ2v) is 7.70. The highest BCUT2D eigenvalue weighted by Gasteiger charge is 2.16. The molecule has 35 heavy (non-hydrogen) atoms. The normalized spacial score (nSPS) is 10.5. The Morgan fingerprint density at radius 1 is 0.971 bits per heavy atom. The molecule has 0 radical (unpaired) electrons. The van der Waals surface area contributed by atoms with Crippen LogP contribution in [0.1, 0.15) is 17.0 Å². The molecule has 9 heteroatoms. The third kappa shape index (κ3) is 6.23. The lowest BCUT2D eigenvalue weighted by Crippen LogP contribution is -2.34. The molecule has 9 nitrogen and oxygen atoms in total. The summed E-state index contributed by atoms with van der Waals surface area (Å²) in [6.07, 6.45) is -0.0272. The second kappa shape index (κ2) is 11.0. The van der Waals surface area contributed by atoms with E-state index in [1.807, 2.05) is 49.4 Å². The van der Waals surface area contributed by atoms with Crippen molar-refractivity contribution < 1.29 is 24.2 Å². The molecule has 0 bridgehead atoms. The number of phenols is 1. The number of aryl methyl sites for hydroxylation is 1. The van der Waals surface area contributed by atoms with Gasteiger partial charge in [0, 0.05) is 6.54 Å². The zero-order chi connectivity index (χ0) is 24.6. The molecule has 0 unspecified atom stereocenters. The predicted molar refractivity (Wildman–Crippen MR) is 127 cm³/mol. The van der Waals surface area contributed by atoms with Gasteiger partial charge in [-0.3, -0.25) is 4.90 Å². The number of aromatic nitrogens is 3. The molecule has 0 fully saturated rings. The molecular formula is C26H24N4O5. The Morgan fingerprint density at radius 3 is 2.34 bits per heavy atom. The van der Waals surface area contributed by atoms with E-state index in [0.717, 1.165) is 22.6 Å². The van der Waals surface area contributed by atoms with Crippen molar-refractivity contribution in [1.29, 1.82) is 0 Å². The van der Waals surface area contributed by atoms with Gasteiger partial charge in [-0.05, 0) is 61.0 Å². The lowest BCUT2D eigenvalue weighted by molar-refractivity contribution is -0.108. The van der Waals surface area contributed by atoms with Gasteiger partial charge in [-0.2, -0.15) is 9.90 Å². The standard InChI is InChI=1S/C26H24N4O5/c1-19-25(28-30(27-19)21-5-3-2-4-6-21)18-34-23-11-7-20(8-12-23)17-29(15-16-31)26(33)35-24-13-9-22(32)10-14-24/h2-14,16,32H,15,17-18H2,1H3. The number of phenolic OH excluding ortho intramolecular Hbond substituents is 1. The Kier molecular flexibility index (Phi) is 7.37. The Hall–Kier alpha value is -4.66. The fraction of sp³-hybridized carbons (Fsp3) is 0.154. The first-order valence-corrected chi connectivity index (χ1v) is 10.9. The minimum absolute atomic E-state index is 0.0628. The first-order chi connectivity index (χ1) is 17.0. The van der Waals surface area contributed by atoms with E-state index >= 15 is 0 Å². The van der Waals surface area contributed by atoms with Crippen LogP contribution in [0.4, 0.5) is 4.79 Å². The molecule has 4 aromatic rings. The van der Waals surface area contributed by atoms with Gasteiger partial charge in [-0.25, -0.2) is 4.79 Å². The van der Waals surface area contributed by atoms with Crippen molar-refractivity contribution in [2.24, 2.45) is 0 Å². The molecule has 0 spiro atoms. The van der Waals surface area contributed by atoms with Gasteiger partial charge < -0.3 is 19.4 Å². The Bertz CT molecular complexity index is 1270. The molecule has 1 aromatic heterocycles. The number of para-hydroxylation sites is 1. The van der Waals surface area contributed by atoms with E-state index in [4.69, 9.17) is 9.47 Å². The molecule has 0 aliphatic carbocycles. The van der Waals surface area contributed by atoms with Crippen LogP contribution in [0.25, 0.3) is 5.69 Å². The predicted octanol–water partition coefficient (Wildman–Crippen LogP) is 4.06. The van der Waals surface area contributed by atoms with Gasteiger partial charge in [0.1, 0.15) is 35.8 Å². The second-order valence-electron chi connectivity index (χ2n) is 7.70. The first-order valence-electron chi connectivity index (χ1n) is 10.9. The first kappa shape index (κ1) is 23.5. The number of ether oxygens (including phenoxy) is 2. The van der Waals surface area contributed by atoms with Crippen LogP contribution in [-0.4, -0.2) is 43.9 Å². The largest absolute Gasteiger partial charge is 0.508 e. The summed E-state index contributed by atoms with van der Waals surface area (Å²) in [5.74, 6) is 0.968. The van der Waals surface area contributed by atoms with E-state index in [-0.39, 0.29) is 31.2 Å². The number of hydrogen-bond donors (Lipinski definition) is 1. The monoisotopic (exact) mass is 472 g/mol. The smallest absolute Gasteiger partial charge is 0.415 e. The fourth-order valence-electron chi connectivity index (χ4n) is 3.26. The number of rotatable bonds is 9. The molecule has 1 amide bonds. The van der Waals surface area contributed by atoms with Crippen molar-refractivity contribution in [3.8, 4) is 22.9 Å². The van der Waals surface area contributed by atoms with Crippen LogP contribution in [-0.2, 0) is 17.9 Å². The van der Waals surface area contributed by atoms with Crippen molar-refractivity contribution in [2.75, 3.05) is 6.54 Å². The van der Waals surface area contributed by atoms with Crippen molar-refractivity contribution in [3.63, 3.8) is 0 Å². The van der Waals surface area contributed by atoms with Gasteiger partial charge in [0.2, 0.25) is 0 Å². The summed E-state index contributed by atoms with van der Waals surface area (Å²) in [7, 11) is 0. The van der Waals surface area contributed by atoms with E-state index in [0.29, 0.717) is 12.0 Å². The molecule has 4 rings (SSSR count). The van der Waals surface area contributed by atoms with Crippen LogP contribution in [0.2, 0.25) is 0 Å². The number of carbonyl (C=O) groups excluding carboxylic acids is 2. The van der Waals surface area contributed by atoms with Crippen LogP contribution in [0.3, 0.4) is 0 Å². The van der Waals surface area contributed by atoms with Gasteiger partial charge in [0.05, 0.1) is 17.9 Å². The van der Waals surface area contributed by atoms with Crippen LogP contribution >= 0.6 is 0 Å². The third-order valence-electron chi connectivity index (χ3n) is 5.13. The maximum absolute atomic E-state index is 12.5. The summed E-state index contributed by atoms with van der Waals surface area (Å²) in [6, 6.07) is 22.6. The number of carbonyl (C=O) groups is 2. The minimum atomic E-state index is -0.667. The summed E-state index contributed by atoms with van der Waals surface area (Å²) in [6.45, 7) is 2.20. The average Bonchev–Trinajstić information content (AvgIpc) is 3.25. The van der Waals surface area contributed by atoms with Gasteiger partial charge >= 0.3 is 6.09 Å². The molecule has 1 heterocycles. The summed E-state index contributed by atoms with van der Waals surface area (Å²) < 4.78 is 11.2. The summed E-state index contributed by atoms with van der Waals surface area (Å²) >= 11 is 0. The van der Waals surface area contributed by atoms with Crippen LogP contribution in [0.15, 0.2) is 78.9 Å². The topological polar surface area (TPSA) is 107 Å². The van der Waals surface area contributed by atoms with Gasteiger partial charge in [0.15, 0.2) is 0 Å². The summed E-state index contributed by atoms with van der Waals surface area (Å²) in [5.41, 5.74) is 3.18. The molecule has 0 saturated heterocycles. The zero-order valence-electron chi connectivity index (χ0n) is 19.1. The number of benzene rings is 3. The van der Waals surface area contributed by atoms with Crippen LogP contribution in [0.5, 0.6) is 17.2 Å². The highest BCUT2D eigenvalue weighted by Crippen LogP contribution is 2.19. The molecule has 0 aliphatic heterocycles. The highest BCUT2D eigenvalue weighted by molar-refractivity contribution is 5.73. The van der Waals surface area contributed by atoms with Gasteiger partial charge in [-0.1, -0.05) is 30.3 Å².